The summed E-state index contributed by atoms with van der Waals surface area (Å²) in [4.78, 5) is 35.6. The Balaban J connectivity index is 4.36. The van der Waals surface area contributed by atoms with E-state index < -0.39 is 32.5 Å². The molecule has 0 aliphatic rings. The van der Waals surface area contributed by atoms with E-state index in [1.807, 2.05) is 21.1 Å². The molecule has 9 nitrogen and oxygen atoms in total. The van der Waals surface area contributed by atoms with Gasteiger partial charge < -0.3 is 18.9 Å². The van der Waals surface area contributed by atoms with Gasteiger partial charge in [-0.2, -0.15) is 0 Å². The number of ether oxygens (including phenoxy) is 2. The molecule has 0 aromatic carbocycles. The number of carbonyl (C=O) groups is 2. The summed E-state index contributed by atoms with van der Waals surface area (Å²) in [5.41, 5.74) is 0. The van der Waals surface area contributed by atoms with Crippen LogP contribution in [-0.4, -0.2) is 74.9 Å². The number of hydrogen-bond donors (Lipinski definition) is 1. The van der Waals surface area contributed by atoms with Gasteiger partial charge in [0.05, 0.1) is 27.7 Å². The molecule has 0 bridgehead atoms. The molecule has 0 radical (unpaired) electrons. The summed E-state index contributed by atoms with van der Waals surface area (Å²) in [6.45, 7) is 4.34. The van der Waals surface area contributed by atoms with Crippen LogP contribution in [0.3, 0.4) is 0 Å². The summed E-state index contributed by atoms with van der Waals surface area (Å²) >= 11 is 0. The second-order valence-corrected chi connectivity index (χ2v) is 21.1. The summed E-state index contributed by atoms with van der Waals surface area (Å²) in [5.74, 6) is -0.912. The first kappa shape index (κ1) is 65.5. The Morgan fingerprint density at radius 2 is 0.809 bits per heavy atom. The highest BCUT2D eigenvalue weighted by Crippen LogP contribution is 2.43. The molecule has 0 saturated heterocycles. The highest BCUT2D eigenvalue weighted by atomic mass is 31.2. The number of carbonyl (C=O) groups excluding carboxylic acids is 2. The van der Waals surface area contributed by atoms with Gasteiger partial charge in [0.15, 0.2) is 6.10 Å². The molecular weight excluding hydrogens is 870 g/mol. The van der Waals surface area contributed by atoms with Gasteiger partial charge in [0, 0.05) is 12.8 Å². The molecule has 0 aliphatic heterocycles. The number of rotatable bonds is 50. The number of phosphoric acid groups is 1. The van der Waals surface area contributed by atoms with E-state index in [0.717, 1.165) is 51.4 Å². The number of likely N-dealkylation sites (N-methyl/N-ethyl adjacent to an activating group) is 1. The Hall–Kier alpha value is -2.55. The van der Waals surface area contributed by atoms with Crippen LogP contribution in [-0.2, 0) is 32.7 Å². The quantitative estimate of drug-likeness (QED) is 0.0211. The Morgan fingerprint density at radius 1 is 0.456 bits per heavy atom. The average molecular weight is 975 g/mol. The van der Waals surface area contributed by atoms with E-state index in [9.17, 15) is 19.0 Å². The van der Waals surface area contributed by atoms with Gasteiger partial charge in [-0.25, -0.2) is 4.57 Å². The normalized spacial score (nSPS) is 13.9. The van der Waals surface area contributed by atoms with E-state index in [4.69, 9.17) is 18.5 Å². The number of nitrogens with zero attached hydrogens (tertiary/aromatic N) is 1. The van der Waals surface area contributed by atoms with E-state index in [2.05, 4.69) is 86.8 Å². The van der Waals surface area contributed by atoms with Crippen LogP contribution in [0.5, 0.6) is 0 Å². The maximum absolute atomic E-state index is 12.8. The van der Waals surface area contributed by atoms with Crippen LogP contribution in [0.1, 0.15) is 232 Å². The maximum atomic E-state index is 12.8. The summed E-state index contributed by atoms with van der Waals surface area (Å²) in [5, 5.41) is 0. The number of quaternary nitrogens is 1. The summed E-state index contributed by atoms with van der Waals surface area (Å²) < 4.78 is 34.4. The molecule has 2 atom stereocenters. The van der Waals surface area contributed by atoms with Crippen molar-refractivity contribution in [3.63, 3.8) is 0 Å². The van der Waals surface area contributed by atoms with E-state index in [-0.39, 0.29) is 26.1 Å². The minimum Gasteiger partial charge on any atom is -0.462 e. The van der Waals surface area contributed by atoms with Crippen LogP contribution < -0.4 is 0 Å². The van der Waals surface area contributed by atoms with Gasteiger partial charge in [0.2, 0.25) is 0 Å². The van der Waals surface area contributed by atoms with Crippen molar-refractivity contribution in [3.8, 4) is 0 Å². The summed E-state index contributed by atoms with van der Waals surface area (Å²) in [6, 6.07) is 0. The first-order chi connectivity index (χ1) is 33.0. The zero-order valence-electron chi connectivity index (χ0n) is 44.6. The van der Waals surface area contributed by atoms with Crippen molar-refractivity contribution >= 4 is 19.8 Å². The van der Waals surface area contributed by atoms with Crippen molar-refractivity contribution in [2.24, 2.45) is 0 Å². The molecule has 1 unspecified atom stereocenters. The number of hydrogen-bond acceptors (Lipinski definition) is 7. The van der Waals surface area contributed by atoms with Gasteiger partial charge in [-0.05, 0) is 83.5 Å². The minimum absolute atomic E-state index is 0.0135. The van der Waals surface area contributed by atoms with Crippen molar-refractivity contribution in [1.82, 2.24) is 0 Å². The lowest BCUT2D eigenvalue weighted by atomic mass is 10.0. The zero-order valence-corrected chi connectivity index (χ0v) is 45.5. The van der Waals surface area contributed by atoms with Gasteiger partial charge >= 0.3 is 19.8 Å². The Morgan fingerprint density at radius 3 is 1.24 bits per heavy atom. The molecule has 0 aromatic heterocycles. The lowest BCUT2D eigenvalue weighted by Gasteiger charge is -2.24. The molecule has 0 fully saturated rings. The predicted molar refractivity (Wildman–Crippen MR) is 289 cm³/mol. The highest BCUT2D eigenvalue weighted by Gasteiger charge is 2.27. The topological polar surface area (TPSA) is 108 Å². The van der Waals surface area contributed by atoms with Crippen LogP contribution in [0, 0.1) is 0 Å². The second-order valence-electron chi connectivity index (χ2n) is 19.6. The zero-order chi connectivity index (χ0) is 49.9. The summed E-state index contributed by atoms with van der Waals surface area (Å²) in [7, 11) is 1.42. The fourth-order valence-electron chi connectivity index (χ4n) is 7.38. The fourth-order valence-corrected chi connectivity index (χ4v) is 8.12. The van der Waals surface area contributed by atoms with Gasteiger partial charge in [-0.1, -0.05) is 209 Å². The SMILES string of the molecule is CCCCCCCCC/C=C/C/C=C/C/C=C/C/C=C/CCCC(=O)OC[C@H](COP(=O)(O)OCC[N+](C)(C)C)OC(=O)CCC/C=C/CC/C=C/CCCCCCCCCCCCCCCC. The van der Waals surface area contributed by atoms with Gasteiger partial charge in [-0.15, -0.1) is 0 Å². The second kappa shape index (κ2) is 49.4. The van der Waals surface area contributed by atoms with Crippen molar-refractivity contribution in [3.05, 3.63) is 72.9 Å². The van der Waals surface area contributed by atoms with Crippen molar-refractivity contribution in [2.75, 3.05) is 47.5 Å². The van der Waals surface area contributed by atoms with Crippen LogP contribution in [0.15, 0.2) is 72.9 Å². The molecule has 0 spiro atoms. The van der Waals surface area contributed by atoms with Gasteiger partial charge in [0.1, 0.15) is 19.8 Å². The van der Waals surface area contributed by atoms with Crippen LogP contribution in [0.25, 0.3) is 0 Å². The molecule has 0 aromatic rings. The van der Waals surface area contributed by atoms with Gasteiger partial charge in [0.25, 0.3) is 0 Å². The maximum Gasteiger partial charge on any atom is 0.472 e. The average Bonchev–Trinajstić information content (AvgIpc) is 3.30. The molecule has 0 heterocycles. The van der Waals surface area contributed by atoms with E-state index in [1.54, 1.807) is 0 Å². The molecule has 0 rings (SSSR count). The Labute approximate surface area is 418 Å². The molecule has 1 N–H and O–H groups in total. The van der Waals surface area contributed by atoms with Crippen molar-refractivity contribution < 1.29 is 42.1 Å². The van der Waals surface area contributed by atoms with E-state index in [1.165, 1.54) is 141 Å². The number of allylic oxidation sites excluding steroid dienone is 12. The minimum atomic E-state index is -4.41. The predicted octanol–water partition coefficient (Wildman–Crippen LogP) is 16.9. The van der Waals surface area contributed by atoms with Crippen LogP contribution in [0.4, 0.5) is 0 Å². The smallest absolute Gasteiger partial charge is 0.462 e. The summed E-state index contributed by atoms with van der Waals surface area (Å²) in [6.07, 6.45) is 64.2. The fraction of sp³-hybridized carbons (Fsp3) is 0.759. The highest BCUT2D eigenvalue weighted by molar-refractivity contribution is 7.47. The van der Waals surface area contributed by atoms with Gasteiger partial charge in [-0.3, -0.25) is 18.6 Å². The standard InChI is InChI=1S/C58H104NO8P/c1-6-8-10-12-14-16-18-20-22-24-26-28-29-31-33-35-37-39-41-43-45-47-49-51-58(61)67-56(55-66-68(62,63)65-53-52-59(3,4)5)54-64-57(60)50-48-46-44-42-40-38-36-34-32-30-27-25-23-21-19-17-15-13-11-9-7-2/h23,25,30,32,35-38,42-45,56H,6-22,24,26-29,31,33-34,39-41,46-55H2,1-5H3/p+1/b25-23+,32-30+,37-35+,38-36+,44-42+,45-43+/t56-/m1/s1. The van der Waals surface area contributed by atoms with E-state index >= 15 is 0 Å². The number of unbranched alkanes of at least 4 members (excludes halogenated alkanes) is 24. The third kappa shape index (κ3) is 52.8. The molecule has 68 heavy (non-hydrogen) atoms. The van der Waals surface area contributed by atoms with Crippen molar-refractivity contribution in [2.45, 2.75) is 238 Å². The monoisotopic (exact) mass is 975 g/mol. The Kier molecular flexibility index (Phi) is 47.6. The molecule has 10 heteroatoms. The van der Waals surface area contributed by atoms with Crippen molar-refractivity contribution in [1.29, 1.82) is 0 Å². The largest absolute Gasteiger partial charge is 0.472 e. The number of esters is 2. The molecular formula is C58H105NO8P+. The third-order valence-electron chi connectivity index (χ3n) is 11.7. The Bertz CT molecular complexity index is 1380. The molecule has 0 saturated carbocycles. The number of phosphoric ester groups is 1. The lowest BCUT2D eigenvalue weighted by molar-refractivity contribution is -0.870. The molecule has 0 aliphatic carbocycles. The molecule has 0 amide bonds. The molecule has 394 valence electrons. The first-order valence-corrected chi connectivity index (χ1v) is 29.2. The first-order valence-electron chi connectivity index (χ1n) is 27.7. The van der Waals surface area contributed by atoms with E-state index in [0.29, 0.717) is 23.9 Å². The van der Waals surface area contributed by atoms with Crippen LogP contribution >= 0.6 is 7.82 Å². The third-order valence-corrected chi connectivity index (χ3v) is 12.7. The van der Waals surface area contributed by atoms with Crippen LogP contribution in [0.2, 0.25) is 0 Å². The lowest BCUT2D eigenvalue weighted by Crippen LogP contribution is -2.37.